The van der Waals surface area contributed by atoms with E-state index in [9.17, 15) is 84.9 Å². The highest BCUT2D eigenvalue weighted by atomic mass is 35.5. The van der Waals surface area contributed by atoms with Gasteiger partial charge in [0.05, 0.1) is 41.3 Å². The third-order valence-corrected chi connectivity index (χ3v) is 19.8. The number of amides is 7. The summed E-state index contributed by atoms with van der Waals surface area (Å²) >= 11 is 14.2. The van der Waals surface area contributed by atoms with E-state index in [1.54, 1.807) is 6.92 Å². The zero-order chi connectivity index (χ0) is 80.2. The maximum Gasteiger partial charge on any atom is 0.334 e. The molecule has 0 aliphatic carbocycles. The first kappa shape index (κ1) is 82.7. The Labute approximate surface area is 636 Å². The first-order valence-corrected chi connectivity index (χ1v) is 35.5. The minimum Gasteiger partial charge on any atom is -0.508 e. The second-order valence-electron chi connectivity index (χ2n) is 27.7. The van der Waals surface area contributed by atoms with Crippen molar-refractivity contribution in [2.24, 2.45) is 11.7 Å². The lowest BCUT2D eigenvalue weighted by Gasteiger charge is -2.48. The Balaban J connectivity index is 1.22. The molecule has 12 rings (SSSR count). The zero-order valence-electron chi connectivity index (χ0n) is 59.7. The number of rotatable bonds is 20. The molecule has 7 amide bonds. The van der Waals surface area contributed by atoms with Gasteiger partial charge in [0.1, 0.15) is 89.5 Å². The van der Waals surface area contributed by atoms with Gasteiger partial charge in [0.15, 0.2) is 36.0 Å². The number of nitrogens with one attached hydrogen (secondary N) is 8. The number of fused-ring (bicyclic) bond motifs is 15. The largest absolute Gasteiger partial charge is 0.508 e. The molecule has 36 nitrogen and oxygen atoms in total. The number of nitrogens with two attached hydrogens (primary N) is 1. The van der Waals surface area contributed by atoms with E-state index < -0.39 is 254 Å². The van der Waals surface area contributed by atoms with Gasteiger partial charge in [-0.05, 0) is 117 Å². The number of carboxylic acids is 2. The fourth-order valence-electron chi connectivity index (χ4n) is 13.4. The second-order valence-corrected chi connectivity index (χ2v) is 28.5. The van der Waals surface area contributed by atoms with Gasteiger partial charge in [-0.3, -0.25) is 33.6 Å². The predicted molar refractivity (Wildman–Crippen MR) is 381 cm³/mol. The molecule has 21 N–H and O–H groups in total. The van der Waals surface area contributed by atoms with Crippen LogP contribution in [0.2, 0.25) is 10.0 Å². The molecule has 5 aromatic rings. The summed E-state index contributed by atoms with van der Waals surface area (Å²) in [6, 6.07) is -1.07. The first-order valence-electron chi connectivity index (χ1n) is 34.8. The van der Waals surface area contributed by atoms with Crippen molar-refractivity contribution in [3.8, 4) is 57.1 Å². The van der Waals surface area contributed by atoms with E-state index >= 15 is 14.4 Å². The number of aliphatic hydroxyl groups excluding tert-OH is 6. The number of hydrogen-bond donors (Lipinski definition) is 20. The Hall–Kier alpha value is -9.77. The molecule has 0 saturated carbocycles. The number of ether oxygens (including phenoxy) is 7. The number of aromatic hydroxyl groups is 3. The highest BCUT2D eigenvalue weighted by molar-refractivity contribution is 6.32. The maximum atomic E-state index is 16.1. The summed E-state index contributed by atoms with van der Waals surface area (Å²) in [5.41, 5.74) is 1.30. The monoisotopic (exact) mass is 1580 g/mol. The minimum absolute atomic E-state index is 0.0741. The van der Waals surface area contributed by atoms with Crippen LogP contribution in [0, 0.1) is 5.92 Å². The Morgan fingerprint density at radius 3 is 1.93 bits per heavy atom. The number of primary amides is 1. The molecule has 5 aromatic carbocycles. The summed E-state index contributed by atoms with van der Waals surface area (Å²) in [5.74, 6) is -17.7. The lowest BCUT2D eigenvalue weighted by Crippen LogP contribution is -2.66. The molecule has 13 unspecified atom stereocenters. The normalized spacial score (nSPS) is 28.3. The number of carboxylic acid groups (broad SMARTS) is 2. The summed E-state index contributed by atoms with van der Waals surface area (Å²) in [6.45, 7) is 7.09. The van der Waals surface area contributed by atoms with Crippen LogP contribution in [0.4, 0.5) is 0 Å². The molecule has 0 radical (unpaired) electrons. The van der Waals surface area contributed by atoms with Gasteiger partial charge in [-0.25, -0.2) is 9.59 Å². The lowest BCUT2D eigenvalue weighted by atomic mass is 9.84. The smallest absolute Gasteiger partial charge is 0.334 e. The van der Waals surface area contributed by atoms with Crippen molar-refractivity contribution in [3.63, 3.8) is 0 Å². The maximum absolute atomic E-state index is 16.1. The van der Waals surface area contributed by atoms with Crippen molar-refractivity contribution in [1.29, 1.82) is 0 Å². The number of hydrogen-bond acceptors (Lipinski definition) is 27. The molecule has 0 spiro atoms. The van der Waals surface area contributed by atoms with Gasteiger partial charge in [0, 0.05) is 47.9 Å². The van der Waals surface area contributed by atoms with Crippen molar-refractivity contribution in [3.05, 3.63) is 117 Å². The average molecular weight is 1580 g/mol. The number of phenols is 3. The Morgan fingerprint density at radius 2 is 1.34 bits per heavy atom. The topological polar surface area (TPSA) is 563 Å². The van der Waals surface area contributed by atoms with Crippen molar-refractivity contribution in [2.75, 3.05) is 26.8 Å². The van der Waals surface area contributed by atoms with E-state index in [0.29, 0.717) is 6.42 Å². The molecule has 0 aromatic heterocycles. The van der Waals surface area contributed by atoms with E-state index in [1.165, 1.54) is 33.0 Å². The van der Waals surface area contributed by atoms with Crippen LogP contribution in [0.25, 0.3) is 11.1 Å². The quantitative estimate of drug-likeness (QED) is 0.0508. The van der Waals surface area contributed by atoms with Crippen molar-refractivity contribution >= 4 is 76.5 Å². The molecule has 7 aliphatic heterocycles. The van der Waals surface area contributed by atoms with Crippen LogP contribution in [-0.2, 0) is 62.1 Å². The van der Waals surface area contributed by atoms with E-state index in [-0.39, 0.29) is 54.4 Å². The third-order valence-electron chi connectivity index (χ3n) is 19.2. The Bertz CT molecular complexity index is 4350. The number of halogens is 2. The molecule has 11 bridgehead atoms. The predicted octanol–water partition coefficient (Wildman–Crippen LogP) is 0.617. The van der Waals surface area contributed by atoms with Crippen LogP contribution in [0.1, 0.15) is 118 Å². The molecule has 38 heteroatoms. The second kappa shape index (κ2) is 34.7. The third kappa shape index (κ3) is 18.1. The van der Waals surface area contributed by atoms with E-state index in [4.69, 9.17) is 62.1 Å². The fourth-order valence-corrected chi connectivity index (χ4v) is 13.9. The summed E-state index contributed by atoms with van der Waals surface area (Å²) in [4.78, 5) is 130. The van der Waals surface area contributed by atoms with Crippen LogP contribution in [0.3, 0.4) is 0 Å². The van der Waals surface area contributed by atoms with Crippen LogP contribution in [0.15, 0.2) is 78.9 Å². The van der Waals surface area contributed by atoms with Crippen LogP contribution in [0.5, 0.6) is 46.0 Å². The molecular weight excluding hydrogens is 1490 g/mol. The number of carbonyl (C=O) groups is 9. The van der Waals surface area contributed by atoms with Gasteiger partial charge in [0.25, 0.3) is 0 Å². The Kier molecular flexibility index (Phi) is 26.1. The van der Waals surface area contributed by atoms with Gasteiger partial charge in [-0.1, -0.05) is 62.2 Å². The highest BCUT2D eigenvalue weighted by Gasteiger charge is 2.52. The molecular formula is C72H85Cl2N9O27. The van der Waals surface area contributed by atoms with Gasteiger partial charge >= 0.3 is 11.9 Å². The molecule has 594 valence electrons. The number of phenolic OH excluding ortho intramolecular Hbond substituents is 3. The Morgan fingerprint density at radius 1 is 0.718 bits per heavy atom. The SMILES string of the molecule is CCCOC(CNC1(C)CC(OC2C(Oc3c4cc5cc3Oc3ccc(cc3Cl)[C@@H](O)[C@@H]3NC(=O)C(NC(=O)[C@@H]5NC(=O)C(CC(N)=O)NC(=O)C(NC(=O)[C@@H](CC(C)C)NC)[C@H](O)c5ccc(c(Cl)c5)O4)c4ccc(O)c(c4)-c4c(O)cc(O)cc4[C@H](C(=O)O)NC3=O)OC(CO)C(O)C2O)OC(C)C1O)C(=O)O. The summed E-state index contributed by atoms with van der Waals surface area (Å²) < 4.78 is 44.4. The standard InChI is InChI=1S/C72H85Cl2N9O27/c1-7-14-104-46(69(100)101)25-77-72(5)24-49(105-28(4)62(72)93)109-61-59(92)58(91)47(26-84)108-71(61)110-60-44-19-32-20-45(60)107-43-13-10-31(18-37(43)74)57(90)55-68(99)81-53(70(102)103)35-21-33(85)22-41(87)50(35)34-16-29(8-11-40(34)86)51(65(96)83-55)80-66(97)52(32)79-64(95)39(23-48(75)88)78-67(98)54(82-63(94)38(76-6)15-27(2)3)56(89)30-9-12-42(106-44)36(73)17-30/h8-13,16-22,27-28,38-39,46-47,49,51-59,61-62,71,76-77,84-87,89-93H,7,14-15,23-26H2,1-6H3,(H2,75,88)(H,78,98)(H,79,95)(H,80,97)(H,81,99)(H,82,94)(H,83,96)(H,100,101)(H,102,103)/t28?,38-,39?,46?,47?,49?,51?,52-,53-,54?,55+,56-,57-,58?,59?,61?,62?,71?,72?/m1/s1. The average Bonchev–Trinajstić information content (AvgIpc) is 0.766. The summed E-state index contributed by atoms with van der Waals surface area (Å²) in [6.07, 6.45) is -20.5. The first-order chi connectivity index (χ1) is 52.0. The molecule has 7 aliphatic rings. The van der Waals surface area contributed by atoms with Crippen LogP contribution < -0.4 is 62.5 Å². The number of likely N-dealkylation sites (N-methyl/N-ethyl adjacent to an activating group) is 1. The van der Waals surface area contributed by atoms with E-state index in [2.05, 4.69) is 42.5 Å². The highest BCUT2D eigenvalue weighted by Crippen LogP contribution is 2.50. The van der Waals surface area contributed by atoms with Crippen molar-refractivity contribution in [2.45, 2.75) is 176 Å². The van der Waals surface area contributed by atoms with Crippen molar-refractivity contribution in [1.82, 2.24) is 42.5 Å². The fraction of sp³-hybridized carbons (Fsp3) is 0.458. The molecule has 7 heterocycles. The van der Waals surface area contributed by atoms with Crippen molar-refractivity contribution < 1.29 is 132 Å². The summed E-state index contributed by atoms with van der Waals surface area (Å²) in [7, 11) is 1.46. The number of aliphatic hydroxyl groups is 6. The molecule has 19 atom stereocenters. The lowest BCUT2D eigenvalue weighted by molar-refractivity contribution is -0.334. The van der Waals surface area contributed by atoms with Crippen LogP contribution >= 0.6 is 23.2 Å². The summed E-state index contributed by atoms with van der Waals surface area (Å²) in [5, 5.41) is 145. The zero-order valence-corrected chi connectivity index (χ0v) is 61.2. The van der Waals surface area contributed by atoms with Gasteiger partial charge in [-0.2, -0.15) is 0 Å². The molecule has 110 heavy (non-hydrogen) atoms. The van der Waals surface area contributed by atoms with Gasteiger partial charge in [-0.15, -0.1) is 0 Å². The van der Waals surface area contributed by atoms with E-state index in [0.717, 1.165) is 66.7 Å². The molecule has 2 fully saturated rings. The van der Waals surface area contributed by atoms with E-state index in [1.807, 2.05) is 13.8 Å². The molecule has 2 saturated heterocycles. The number of aliphatic carboxylic acids is 2. The minimum atomic E-state index is -2.39. The van der Waals surface area contributed by atoms with Crippen LogP contribution in [-0.4, -0.2) is 221 Å². The van der Waals surface area contributed by atoms with Gasteiger partial charge < -0.3 is 138 Å². The van der Waals surface area contributed by atoms with Gasteiger partial charge in [0.2, 0.25) is 53.4 Å². The number of carbonyl (C=O) groups excluding carboxylic acids is 7. The number of benzene rings is 5.